The number of allylic oxidation sites excluding steroid dienone is 6. The number of carbonyl (C=O) groups is 1. The Balaban J connectivity index is 2.92. The topological polar surface area (TPSA) is 37.3 Å². The highest BCUT2D eigenvalue weighted by atomic mass is 16.3. The first-order chi connectivity index (χ1) is 14.2. The van der Waals surface area contributed by atoms with Gasteiger partial charge in [-0.3, -0.25) is 4.79 Å². The van der Waals surface area contributed by atoms with Crippen molar-refractivity contribution in [2.75, 3.05) is 0 Å². The van der Waals surface area contributed by atoms with Crippen molar-refractivity contribution in [3.63, 3.8) is 0 Å². The summed E-state index contributed by atoms with van der Waals surface area (Å²) in [6.07, 6.45) is 4.15. The summed E-state index contributed by atoms with van der Waals surface area (Å²) in [5.74, 6) is 0.542. The average molecular weight is 437 g/mol. The van der Waals surface area contributed by atoms with Crippen LogP contribution >= 0.6 is 0 Å². The third-order valence-electron chi connectivity index (χ3n) is 6.30. The normalized spacial score (nSPS) is 16.2. The van der Waals surface area contributed by atoms with E-state index in [-0.39, 0.29) is 27.4 Å². The summed E-state index contributed by atoms with van der Waals surface area (Å²) in [7, 11) is 0. The minimum absolute atomic E-state index is 0.151. The Bertz CT molecular complexity index is 944. The van der Waals surface area contributed by atoms with E-state index in [1.807, 2.05) is 0 Å². The fourth-order valence-electron chi connectivity index (χ4n) is 4.12. The first-order valence-corrected chi connectivity index (χ1v) is 11.7. The minimum atomic E-state index is -0.241. The van der Waals surface area contributed by atoms with Gasteiger partial charge in [-0.05, 0) is 69.6 Å². The second-order valence-corrected chi connectivity index (χ2v) is 13.4. The SMILES string of the molecule is CC(=C1C=C(C(C)(C)C)C(=O)C(C(C)(C)C)=C1)c1cc(C(C)(C)C)c(O)c(C(C)(C)C)c1. The number of hydrogen-bond acceptors (Lipinski definition) is 2. The Kier molecular flexibility index (Phi) is 6.58. The second-order valence-electron chi connectivity index (χ2n) is 13.4. The highest BCUT2D eigenvalue weighted by Gasteiger charge is 2.34. The van der Waals surface area contributed by atoms with Crippen LogP contribution in [0.3, 0.4) is 0 Å². The van der Waals surface area contributed by atoms with Gasteiger partial charge in [0.1, 0.15) is 5.75 Å². The van der Waals surface area contributed by atoms with Crippen LogP contribution in [0.2, 0.25) is 0 Å². The van der Waals surface area contributed by atoms with E-state index >= 15 is 0 Å². The van der Waals surface area contributed by atoms with Crippen LogP contribution < -0.4 is 0 Å². The number of phenols is 1. The quantitative estimate of drug-likeness (QED) is 0.481. The Hall–Kier alpha value is -2.09. The molecule has 0 bridgehead atoms. The van der Waals surface area contributed by atoms with Gasteiger partial charge in [-0.2, -0.15) is 0 Å². The molecule has 2 heteroatoms. The number of benzene rings is 1. The molecule has 0 atom stereocenters. The van der Waals surface area contributed by atoms with Gasteiger partial charge in [-0.1, -0.05) is 83.1 Å². The molecule has 2 nitrogen and oxygen atoms in total. The fourth-order valence-corrected chi connectivity index (χ4v) is 4.12. The molecule has 0 saturated heterocycles. The van der Waals surface area contributed by atoms with Crippen molar-refractivity contribution in [2.45, 2.75) is 101 Å². The molecule has 0 aromatic heterocycles. The molecule has 0 radical (unpaired) electrons. The first kappa shape index (κ1) is 26.2. The first-order valence-electron chi connectivity index (χ1n) is 11.7. The Morgan fingerprint density at radius 2 is 1.00 bits per heavy atom. The van der Waals surface area contributed by atoms with Crippen LogP contribution in [-0.4, -0.2) is 10.9 Å². The third-order valence-corrected chi connectivity index (χ3v) is 6.30. The number of ketones is 1. The molecule has 32 heavy (non-hydrogen) atoms. The molecule has 0 saturated carbocycles. The van der Waals surface area contributed by atoms with Gasteiger partial charge in [-0.25, -0.2) is 0 Å². The number of phenolic OH excluding ortho intramolecular Hbond substituents is 1. The third kappa shape index (κ3) is 5.27. The highest BCUT2D eigenvalue weighted by molar-refractivity contribution is 6.12. The lowest BCUT2D eigenvalue weighted by Gasteiger charge is -2.32. The van der Waals surface area contributed by atoms with Gasteiger partial charge in [-0.15, -0.1) is 0 Å². The zero-order valence-electron chi connectivity index (χ0n) is 22.7. The van der Waals surface area contributed by atoms with E-state index in [0.717, 1.165) is 39.0 Å². The van der Waals surface area contributed by atoms with Crippen LogP contribution in [0, 0.1) is 10.8 Å². The predicted molar refractivity (Wildman–Crippen MR) is 138 cm³/mol. The van der Waals surface area contributed by atoms with E-state index < -0.39 is 0 Å². The summed E-state index contributed by atoms with van der Waals surface area (Å²) >= 11 is 0. The zero-order chi connectivity index (χ0) is 25.0. The molecule has 1 N–H and O–H groups in total. The van der Waals surface area contributed by atoms with E-state index in [0.29, 0.717) is 5.75 Å². The second kappa shape index (κ2) is 8.04. The number of hydrogen-bond donors (Lipinski definition) is 1. The van der Waals surface area contributed by atoms with E-state index in [1.165, 1.54) is 0 Å². The van der Waals surface area contributed by atoms with Crippen molar-refractivity contribution in [2.24, 2.45) is 10.8 Å². The maximum Gasteiger partial charge on any atom is 0.186 e. The van der Waals surface area contributed by atoms with Gasteiger partial charge < -0.3 is 5.11 Å². The maximum atomic E-state index is 13.3. The molecule has 1 aliphatic carbocycles. The smallest absolute Gasteiger partial charge is 0.186 e. The minimum Gasteiger partial charge on any atom is -0.507 e. The molecule has 0 amide bonds. The monoisotopic (exact) mass is 436 g/mol. The van der Waals surface area contributed by atoms with Crippen LogP contribution in [0.1, 0.15) is 107 Å². The summed E-state index contributed by atoms with van der Waals surface area (Å²) in [5, 5.41) is 11.1. The van der Waals surface area contributed by atoms with E-state index in [4.69, 9.17) is 0 Å². The van der Waals surface area contributed by atoms with Crippen LogP contribution in [0.15, 0.2) is 41.0 Å². The van der Waals surface area contributed by atoms with Gasteiger partial charge in [0.25, 0.3) is 0 Å². The maximum absolute atomic E-state index is 13.3. The number of carbonyl (C=O) groups excluding carboxylic acids is 1. The molecule has 0 unspecified atom stereocenters. The van der Waals surface area contributed by atoms with Crippen LogP contribution in [0.4, 0.5) is 0 Å². The average Bonchev–Trinajstić information content (AvgIpc) is 2.57. The van der Waals surface area contributed by atoms with Gasteiger partial charge in [0, 0.05) is 22.3 Å². The largest absolute Gasteiger partial charge is 0.507 e. The highest BCUT2D eigenvalue weighted by Crippen LogP contribution is 2.43. The molecule has 176 valence electrons. The van der Waals surface area contributed by atoms with Crippen molar-refractivity contribution in [3.05, 3.63) is 57.7 Å². The summed E-state index contributed by atoms with van der Waals surface area (Å²) in [4.78, 5) is 13.3. The summed E-state index contributed by atoms with van der Waals surface area (Å²) in [6.45, 7) is 27.5. The van der Waals surface area contributed by atoms with E-state index in [9.17, 15) is 9.90 Å². The van der Waals surface area contributed by atoms with Gasteiger partial charge in [0.15, 0.2) is 5.78 Å². The lowest BCUT2D eigenvalue weighted by molar-refractivity contribution is -0.114. The van der Waals surface area contributed by atoms with Crippen molar-refractivity contribution in [1.82, 2.24) is 0 Å². The van der Waals surface area contributed by atoms with Crippen LogP contribution in [0.5, 0.6) is 5.75 Å². The lowest BCUT2D eigenvalue weighted by atomic mass is 9.71. The standard InChI is InChI=1S/C30H44O2/c1-18(19-14-21(27(2,3)4)25(31)22(15-19)28(5,6)7)20-16-23(29(8,9)10)26(32)24(17-20)30(11,12)13/h14-17,31H,1-13H3. The molecule has 0 heterocycles. The van der Waals surface area contributed by atoms with Gasteiger partial charge in [0.2, 0.25) is 0 Å². The number of rotatable bonds is 1. The molecule has 0 spiro atoms. The molecule has 1 aliphatic rings. The Labute approximate surface area is 196 Å². The van der Waals surface area contributed by atoms with Crippen molar-refractivity contribution < 1.29 is 9.90 Å². The van der Waals surface area contributed by atoms with Gasteiger partial charge in [0.05, 0.1) is 0 Å². The molecular formula is C30H44O2. The lowest BCUT2D eigenvalue weighted by Crippen LogP contribution is -2.28. The van der Waals surface area contributed by atoms with Crippen molar-refractivity contribution in [1.29, 1.82) is 0 Å². The summed E-state index contributed by atoms with van der Waals surface area (Å²) in [6, 6.07) is 4.25. The summed E-state index contributed by atoms with van der Waals surface area (Å²) in [5.41, 5.74) is 6.04. The van der Waals surface area contributed by atoms with E-state index in [2.05, 4.69) is 114 Å². The van der Waals surface area contributed by atoms with Gasteiger partial charge >= 0.3 is 0 Å². The zero-order valence-corrected chi connectivity index (χ0v) is 22.7. The molecule has 2 rings (SSSR count). The molecular weight excluding hydrogens is 392 g/mol. The summed E-state index contributed by atoms with van der Waals surface area (Å²) < 4.78 is 0. The molecule has 1 aromatic carbocycles. The Morgan fingerprint density at radius 1 is 0.656 bits per heavy atom. The van der Waals surface area contributed by atoms with Crippen molar-refractivity contribution in [3.8, 4) is 5.75 Å². The molecule has 0 fully saturated rings. The van der Waals surface area contributed by atoms with Crippen LogP contribution in [-0.2, 0) is 15.6 Å². The van der Waals surface area contributed by atoms with E-state index in [1.54, 1.807) is 0 Å². The van der Waals surface area contributed by atoms with Crippen molar-refractivity contribution >= 4 is 11.4 Å². The Morgan fingerprint density at radius 3 is 1.28 bits per heavy atom. The fraction of sp³-hybridized carbons (Fsp3) is 0.567. The number of aromatic hydroxyl groups is 1. The molecule has 1 aromatic rings. The predicted octanol–water partition coefficient (Wildman–Crippen LogP) is 8.29. The molecule has 0 aliphatic heterocycles. The number of Topliss-reactive ketones (excluding diaryl/α,β-unsaturated/α-hetero) is 1. The van der Waals surface area contributed by atoms with Crippen LogP contribution in [0.25, 0.3) is 5.57 Å².